The molecule has 0 radical (unpaired) electrons. The molecule has 3 rings (SSSR count). The van der Waals surface area contributed by atoms with Crippen molar-refractivity contribution in [2.75, 3.05) is 38.2 Å². The lowest BCUT2D eigenvalue weighted by Crippen LogP contribution is -2.50. The fraction of sp³-hybridized carbons (Fsp3) is 0.412. The molecule has 1 fully saturated rings. The number of carbonyl (C=O) groups is 1. The maximum absolute atomic E-state index is 12.6. The lowest BCUT2D eigenvalue weighted by Gasteiger charge is -2.37. The summed E-state index contributed by atoms with van der Waals surface area (Å²) in [4.78, 5) is 16.8. The Morgan fingerprint density at radius 1 is 1.17 bits per heavy atom. The zero-order valence-electron chi connectivity index (χ0n) is 13.6. The molecule has 1 aromatic carbocycles. The van der Waals surface area contributed by atoms with Crippen LogP contribution in [-0.2, 0) is 4.79 Å². The lowest BCUT2D eigenvalue weighted by atomic mass is 10.2. The molecule has 0 N–H and O–H groups in total. The molecule has 1 amide bonds. The molecule has 2 aromatic rings. The first-order valence-electron chi connectivity index (χ1n) is 7.86. The Hall–Kier alpha value is -2.50. The van der Waals surface area contributed by atoms with Crippen molar-refractivity contribution < 1.29 is 9.53 Å². The molecule has 0 unspecified atom stereocenters. The van der Waals surface area contributed by atoms with Crippen molar-refractivity contribution in [2.24, 2.45) is 0 Å². The number of benzene rings is 1. The number of aromatic nitrogens is 2. The molecule has 1 aliphatic heterocycles. The van der Waals surface area contributed by atoms with Gasteiger partial charge in [0, 0.05) is 44.3 Å². The summed E-state index contributed by atoms with van der Waals surface area (Å²) < 4.78 is 6.89. The fourth-order valence-electron chi connectivity index (χ4n) is 2.87. The number of ether oxygens (including phenoxy) is 1. The topological polar surface area (TPSA) is 50.6 Å². The SMILES string of the molecule is COc1ccc(N2CCN(C(=O)[C@@H](C)n3cccn3)CC2)cc1. The predicted molar refractivity (Wildman–Crippen MR) is 88.7 cm³/mol. The molecular formula is C17H22N4O2. The second-order valence-electron chi connectivity index (χ2n) is 5.67. The van der Waals surface area contributed by atoms with Crippen LogP contribution in [-0.4, -0.2) is 53.9 Å². The van der Waals surface area contributed by atoms with Gasteiger partial charge in [-0.25, -0.2) is 0 Å². The first-order chi connectivity index (χ1) is 11.2. The standard InChI is InChI=1S/C17H22N4O2/c1-14(21-9-3-8-18-21)17(22)20-12-10-19(11-13-20)15-4-6-16(23-2)7-5-15/h3-9,14H,10-13H2,1-2H3/t14-/m1/s1. The Morgan fingerprint density at radius 3 is 2.43 bits per heavy atom. The monoisotopic (exact) mass is 314 g/mol. The van der Waals surface area contributed by atoms with Crippen LogP contribution in [0.1, 0.15) is 13.0 Å². The molecule has 6 nitrogen and oxygen atoms in total. The number of anilines is 1. The number of amides is 1. The van der Waals surface area contributed by atoms with Crippen molar-refractivity contribution in [2.45, 2.75) is 13.0 Å². The Morgan fingerprint density at radius 2 is 1.87 bits per heavy atom. The molecule has 6 heteroatoms. The molecule has 1 aliphatic rings. The van der Waals surface area contributed by atoms with Crippen LogP contribution in [0.25, 0.3) is 0 Å². The Balaban J connectivity index is 1.58. The Bertz CT molecular complexity index is 631. The highest BCUT2D eigenvalue weighted by Crippen LogP contribution is 2.21. The zero-order valence-corrected chi connectivity index (χ0v) is 13.6. The summed E-state index contributed by atoms with van der Waals surface area (Å²) in [5.41, 5.74) is 1.16. The molecule has 23 heavy (non-hydrogen) atoms. The van der Waals surface area contributed by atoms with Crippen LogP contribution in [0, 0.1) is 0 Å². The highest BCUT2D eigenvalue weighted by atomic mass is 16.5. The maximum Gasteiger partial charge on any atom is 0.247 e. The molecule has 1 saturated heterocycles. The second kappa shape index (κ2) is 6.73. The van der Waals surface area contributed by atoms with Gasteiger partial charge in [-0.1, -0.05) is 0 Å². The van der Waals surface area contributed by atoms with E-state index in [1.807, 2.05) is 36.2 Å². The summed E-state index contributed by atoms with van der Waals surface area (Å²) in [6.45, 7) is 5.03. The van der Waals surface area contributed by atoms with Gasteiger partial charge in [-0.05, 0) is 37.3 Å². The van der Waals surface area contributed by atoms with Gasteiger partial charge >= 0.3 is 0 Å². The van der Waals surface area contributed by atoms with E-state index in [1.54, 1.807) is 18.0 Å². The Labute approximate surface area is 136 Å². The van der Waals surface area contributed by atoms with E-state index < -0.39 is 0 Å². The third-order valence-electron chi connectivity index (χ3n) is 4.31. The van der Waals surface area contributed by atoms with Gasteiger partial charge in [-0.3, -0.25) is 9.48 Å². The van der Waals surface area contributed by atoms with Crippen LogP contribution in [0.2, 0.25) is 0 Å². The van der Waals surface area contributed by atoms with Crippen molar-refractivity contribution in [1.82, 2.24) is 14.7 Å². The molecule has 2 heterocycles. The number of hydrogen-bond donors (Lipinski definition) is 0. The number of hydrogen-bond acceptors (Lipinski definition) is 4. The van der Waals surface area contributed by atoms with E-state index in [1.165, 1.54) is 0 Å². The summed E-state index contributed by atoms with van der Waals surface area (Å²) in [6, 6.07) is 9.63. The Kier molecular flexibility index (Phi) is 4.50. The fourth-order valence-corrected chi connectivity index (χ4v) is 2.87. The van der Waals surface area contributed by atoms with E-state index in [2.05, 4.69) is 22.1 Å². The van der Waals surface area contributed by atoms with Crippen molar-refractivity contribution in [3.8, 4) is 5.75 Å². The van der Waals surface area contributed by atoms with Gasteiger partial charge in [0.15, 0.2) is 0 Å². The van der Waals surface area contributed by atoms with E-state index >= 15 is 0 Å². The normalized spacial score (nSPS) is 16.3. The van der Waals surface area contributed by atoms with Crippen LogP contribution in [0.5, 0.6) is 5.75 Å². The number of carbonyl (C=O) groups excluding carboxylic acids is 1. The number of methoxy groups -OCH3 is 1. The average molecular weight is 314 g/mol. The first-order valence-corrected chi connectivity index (χ1v) is 7.86. The summed E-state index contributed by atoms with van der Waals surface area (Å²) in [7, 11) is 1.67. The van der Waals surface area contributed by atoms with E-state index in [0.717, 1.165) is 37.6 Å². The maximum atomic E-state index is 12.6. The minimum Gasteiger partial charge on any atom is -0.497 e. The van der Waals surface area contributed by atoms with Gasteiger partial charge in [-0.15, -0.1) is 0 Å². The minimum atomic E-state index is -0.252. The van der Waals surface area contributed by atoms with Gasteiger partial charge in [0.05, 0.1) is 7.11 Å². The first kappa shape index (κ1) is 15.4. The van der Waals surface area contributed by atoms with Gasteiger partial charge in [0.1, 0.15) is 11.8 Å². The number of nitrogens with zero attached hydrogens (tertiary/aromatic N) is 4. The number of rotatable bonds is 4. The highest BCUT2D eigenvalue weighted by Gasteiger charge is 2.26. The predicted octanol–water partition coefficient (Wildman–Crippen LogP) is 1.80. The van der Waals surface area contributed by atoms with Crippen LogP contribution in [0.3, 0.4) is 0 Å². The third-order valence-corrected chi connectivity index (χ3v) is 4.31. The van der Waals surface area contributed by atoms with E-state index in [0.29, 0.717) is 0 Å². The largest absolute Gasteiger partial charge is 0.497 e. The van der Waals surface area contributed by atoms with Crippen molar-refractivity contribution >= 4 is 11.6 Å². The van der Waals surface area contributed by atoms with Crippen LogP contribution < -0.4 is 9.64 Å². The van der Waals surface area contributed by atoms with Crippen LogP contribution >= 0.6 is 0 Å². The summed E-state index contributed by atoms with van der Waals surface area (Å²) in [5.74, 6) is 0.985. The highest BCUT2D eigenvalue weighted by molar-refractivity contribution is 5.80. The van der Waals surface area contributed by atoms with E-state index in [9.17, 15) is 4.79 Å². The lowest BCUT2D eigenvalue weighted by molar-refractivity contribution is -0.134. The average Bonchev–Trinajstić information content (AvgIpc) is 3.15. The van der Waals surface area contributed by atoms with Crippen molar-refractivity contribution in [1.29, 1.82) is 0 Å². The molecule has 0 saturated carbocycles. The van der Waals surface area contributed by atoms with E-state index in [4.69, 9.17) is 4.74 Å². The molecule has 122 valence electrons. The smallest absolute Gasteiger partial charge is 0.247 e. The second-order valence-corrected chi connectivity index (χ2v) is 5.67. The number of piperazine rings is 1. The van der Waals surface area contributed by atoms with Gasteiger partial charge in [-0.2, -0.15) is 5.10 Å². The summed E-state index contributed by atoms with van der Waals surface area (Å²) >= 11 is 0. The van der Waals surface area contributed by atoms with E-state index in [-0.39, 0.29) is 11.9 Å². The molecule has 1 atom stereocenters. The van der Waals surface area contributed by atoms with Gasteiger partial charge in [0.2, 0.25) is 5.91 Å². The van der Waals surface area contributed by atoms with Crippen molar-refractivity contribution in [3.63, 3.8) is 0 Å². The summed E-state index contributed by atoms with van der Waals surface area (Å²) in [6.07, 6.45) is 3.53. The van der Waals surface area contributed by atoms with Gasteiger partial charge < -0.3 is 14.5 Å². The van der Waals surface area contributed by atoms with Crippen LogP contribution in [0.15, 0.2) is 42.7 Å². The molecule has 0 spiro atoms. The van der Waals surface area contributed by atoms with Crippen LogP contribution in [0.4, 0.5) is 5.69 Å². The molecule has 1 aromatic heterocycles. The zero-order chi connectivity index (χ0) is 16.2. The van der Waals surface area contributed by atoms with Crippen molar-refractivity contribution in [3.05, 3.63) is 42.7 Å². The summed E-state index contributed by atoms with van der Waals surface area (Å²) in [5, 5.41) is 4.16. The van der Waals surface area contributed by atoms with Gasteiger partial charge in [0.25, 0.3) is 0 Å². The molecule has 0 aliphatic carbocycles. The minimum absolute atomic E-state index is 0.128. The third kappa shape index (κ3) is 3.31. The molecular weight excluding hydrogens is 292 g/mol. The quantitative estimate of drug-likeness (QED) is 0.863. The molecule has 0 bridgehead atoms.